The van der Waals surface area contributed by atoms with Gasteiger partial charge in [-0.05, 0) is 24.1 Å². The summed E-state index contributed by atoms with van der Waals surface area (Å²) in [5.74, 6) is -0.0241. The third kappa shape index (κ3) is 5.49. The van der Waals surface area contributed by atoms with Gasteiger partial charge in [0.15, 0.2) is 0 Å². The molecule has 0 saturated carbocycles. The summed E-state index contributed by atoms with van der Waals surface area (Å²) in [5.41, 5.74) is 1.79. The van der Waals surface area contributed by atoms with Crippen LogP contribution in [0.25, 0.3) is 0 Å². The van der Waals surface area contributed by atoms with Crippen molar-refractivity contribution in [3.63, 3.8) is 0 Å². The van der Waals surface area contributed by atoms with Crippen LogP contribution >= 0.6 is 0 Å². The maximum Gasteiger partial charge on any atom is 0.275 e. The minimum atomic E-state index is -0.361. The van der Waals surface area contributed by atoms with Crippen molar-refractivity contribution in [1.29, 1.82) is 0 Å². The van der Waals surface area contributed by atoms with E-state index in [4.69, 9.17) is 9.47 Å². The van der Waals surface area contributed by atoms with Crippen molar-refractivity contribution in [3.8, 4) is 5.88 Å². The Kier molecular flexibility index (Phi) is 6.32. The molecule has 1 unspecified atom stereocenters. The van der Waals surface area contributed by atoms with Gasteiger partial charge < -0.3 is 20.1 Å². The van der Waals surface area contributed by atoms with Gasteiger partial charge in [-0.2, -0.15) is 0 Å². The molecule has 1 aliphatic heterocycles. The van der Waals surface area contributed by atoms with E-state index in [0.717, 1.165) is 18.6 Å². The molecule has 2 aromatic rings. The van der Waals surface area contributed by atoms with Gasteiger partial charge >= 0.3 is 0 Å². The van der Waals surface area contributed by atoms with Crippen molar-refractivity contribution in [3.05, 3.63) is 47.9 Å². The van der Waals surface area contributed by atoms with E-state index >= 15 is 0 Å². The number of aryl methyl sites for hydroxylation is 1. The highest BCUT2D eigenvalue weighted by molar-refractivity contribution is 6.02. The van der Waals surface area contributed by atoms with Gasteiger partial charge in [-0.1, -0.05) is 12.1 Å². The molecule has 1 aromatic heterocycles. The van der Waals surface area contributed by atoms with Crippen molar-refractivity contribution in [2.75, 3.05) is 25.6 Å². The van der Waals surface area contributed by atoms with Gasteiger partial charge in [0.1, 0.15) is 12.3 Å². The van der Waals surface area contributed by atoms with E-state index in [1.807, 2.05) is 18.2 Å². The fraction of sp³-hybridized carbons (Fsp3) is 0.368. The number of ether oxygens (including phenoxy) is 2. The monoisotopic (exact) mass is 370 g/mol. The lowest BCUT2D eigenvalue weighted by molar-refractivity contribution is -0.120. The molecule has 0 spiro atoms. The predicted molar refractivity (Wildman–Crippen MR) is 98.7 cm³/mol. The van der Waals surface area contributed by atoms with Gasteiger partial charge in [0.25, 0.3) is 5.91 Å². The van der Waals surface area contributed by atoms with Crippen LogP contribution in [0.1, 0.15) is 28.9 Å². The number of anilines is 1. The number of benzene rings is 1. The van der Waals surface area contributed by atoms with Crippen LogP contribution in [0.2, 0.25) is 0 Å². The molecule has 142 valence electrons. The highest BCUT2D eigenvalue weighted by Crippen LogP contribution is 2.15. The molecule has 3 rings (SSSR count). The summed E-state index contributed by atoms with van der Waals surface area (Å²) in [6, 6.07) is 7.37. The Labute approximate surface area is 157 Å². The first kappa shape index (κ1) is 18.8. The number of nitrogens with one attached hydrogen (secondary N) is 2. The lowest BCUT2D eigenvalue weighted by Crippen LogP contribution is -2.32. The first-order valence-corrected chi connectivity index (χ1v) is 8.81. The Hall–Kier alpha value is -3.00. The number of nitrogens with zero attached hydrogens (tertiary/aromatic N) is 2. The van der Waals surface area contributed by atoms with E-state index in [2.05, 4.69) is 20.6 Å². The van der Waals surface area contributed by atoms with Crippen LogP contribution in [-0.2, 0) is 16.0 Å². The highest BCUT2D eigenvalue weighted by Gasteiger charge is 2.19. The molecule has 0 aliphatic carbocycles. The Morgan fingerprint density at radius 3 is 2.81 bits per heavy atom. The van der Waals surface area contributed by atoms with E-state index < -0.39 is 0 Å². The second kappa shape index (κ2) is 9.09. The molecule has 8 heteroatoms. The molecule has 8 nitrogen and oxygen atoms in total. The first-order chi connectivity index (χ1) is 13.1. The summed E-state index contributed by atoms with van der Waals surface area (Å²) in [4.78, 5) is 31.9. The Morgan fingerprint density at radius 1 is 1.30 bits per heavy atom. The number of carbonyl (C=O) groups excluding carboxylic acids is 2. The van der Waals surface area contributed by atoms with Crippen molar-refractivity contribution < 1.29 is 19.1 Å². The lowest BCUT2D eigenvalue weighted by atomic mass is 10.1. The number of carbonyl (C=O) groups is 2. The summed E-state index contributed by atoms with van der Waals surface area (Å²) >= 11 is 0. The van der Waals surface area contributed by atoms with Gasteiger partial charge in [-0.15, -0.1) is 0 Å². The van der Waals surface area contributed by atoms with Gasteiger partial charge in [-0.25, -0.2) is 9.97 Å². The molecule has 2 heterocycles. The van der Waals surface area contributed by atoms with Gasteiger partial charge in [0.05, 0.1) is 18.5 Å². The number of hydrogen-bond donors (Lipinski definition) is 2. The molecule has 1 saturated heterocycles. The summed E-state index contributed by atoms with van der Waals surface area (Å²) in [6.07, 6.45) is 4.89. The van der Waals surface area contributed by atoms with Crippen LogP contribution in [0.4, 0.5) is 5.69 Å². The first-order valence-electron chi connectivity index (χ1n) is 8.81. The third-order valence-corrected chi connectivity index (χ3v) is 4.18. The van der Waals surface area contributed by atoms with E-state index in [1.54, 1.807) is 13.1 Å². The summed E-state index contributed by atoms with van der Waals surface area (Å²) in [7, 11) is 1.61. The fourth-order valence-corrected chi connectivity index (χ4v) is 2.48. The van der Waals surface area contributed by atoms with Crippen LogP contribution in [-0.4, -0.2) is 48.1 Å². The van der Waals surface area contributed by atoms with Crippen LogP contribution in [0.15, 0.2) is 36.7 Å². The van der Waals surface area contributed by atoms with Gasteiger partial charge in [0, 0.05) is 32.2 Å². The lowest BCUT2D eigenvalue weighted by Gasteiger charge is -2.25. The Bertz CT molecular complexity index is 791. The second-order valence-corrected chi connectivity index (χ2v) is 6.16. The fourth-order valence-electron chi connectivity index (χ4n) is 2.48. The smallest absolute Gasteiger partial charge is 0.275 e. The van der Waals surface area contributed by atoms with Crippen molar-refractivity contribution >= 4 is 17.5 Å². The van der Waals surface area contributed by atoms with Crippen molar-refractivity contribution in [1.82, 2.24) is 15.3 Å². The van der Waals surface area contributed by atoms with Crippen molar-refractivity contribution in [2.45, 2.75) is 25.4 Å². The standard InChI is InChI=1S/C19H22N4O4/c1-20-17(24)6-5-13-3-2-4-14(9-13)23-19(25)16-10-22-18(11-21-16)27-12-15-7-8-26-15/h2-4,9-11,15H,5-8,12H2,1H3,(H,20,24)(H,23,25). The molecule has 1 fully saturated rings. The topological polar surface area (TPSA) is 102 Å². The third-order valence-electron chi connectivity index (χ3n) is 4.18. The maximum atomic E-state index is 12.3. The highest BCUT2D eigenvalue weighted by atomic mass is 16.5. The minimum absolute atomic E-state index is 0.0223. The molecular formula is C19H22N4O4. The predicted octanol–water partition coefficient (Wildman–Crippen LogP) is 1.58. The van der Waals surface area contributed by atoms with Crippen LogP contribution in [0, 0.1) is 0 Å². The zero-order valence-electron chi connectivity index (χ0n) is 15.1. The average Bonchev–Trinajstić information content (AvgIpc) is 2.65. The summed E-state index contributed by atoms with van der Waals surface area (Å²) < 4.78 is 10.7. The molecule has 1 aromatic carbocycles. The molecule has 0 radical (unpaired) electrons. The summed E-state index contributed by atoms with van der Waals surface area (Å²) in [6.45, 7) is 1.20. The molecule has 2 amide bonds. The summed E-state index contributed by atoms with van der Waals surface area (Å²) in [5, 5.41) is 5.37. The van der Waals surface area contributed by atoms with Gasteiger partial charge in [-0.3, -0.25) is 9.59 Å². The molecular weight excluding hydrogens is 348 g/mol. The van der Waals surface area contributed by atoms with E-state index in [0.29, 0.717) is 31.0 Å². The average molecular weight is 370 g/mol. The quantitative estimate of drug-likeness (QED) is 0.731. The Morgan fingerprint density at radius 2 is 2.15 bits per heavy atom. The number of rotatable bonds is 8. The minimum Gasteiger partial charge on any atom is -0.474 e. The van der Waals surface area contributed by atoms with E-state index in [1.165, 1.54) is 12.4 Å². The zero-order valence-corrected chi connectivity index (χ0v) is 15.1. The maximum absolute atomic E-state index is 12.3. The molecule has 1 aliphatic rings. The van der Waals surface area contributed by atoms with Crippen LogP contribution < -0.4 is 15.4 Å². The number of aromatic nitrogens is 2. The van der Waals surface area contributed by atoms with E-state index in [-0.39, 0.29) is 23.6 Å². The van der Waals surface area contributed by atoms with E-state index in [9.17, 15) is 9.59 Å². The Balaban J connectivity index is 1.54. The normalized spacial score (nSPS) is 15.5. The SMILES string of the molecule is CNC(=O)CCc1cccc(NC(=O)c2cnc(OCC3CCO3)cn2)c1. The molecule has 27 heavy (non-hydrogen) atoms. The largest absolute Gasteiger partial charge is 0.474 e. The van der Waals surface area contributed by atoms with Crippen LogP contribution in [0.5, 0.6) is 5.88 Å². The molecule has 0 bridgehead atoms. The molecule has 2 N–H and O–H groups in total. The van der Waals surface area contributed by atoms with Crippen LogP contribution in [0.3, 0.4) is 0 Å². The zero-order chi connectivity index (χ0) is 19.1. The second-order valence-electron chi connectivity index (χ2n) is 6.16. The number of hydrogen-bond acceptors (Lipinski definition) is 6. The molecule has 1 atom stereocenters. The van der Waals surface area contributed by atoms with Gasteiger partial charge in [0.2, 0.25) is 11.8 Å². The van der Waals surface area contributed by atoms with Crippen molar-refractivity contribution in [2.24, 2.45) is 0 Å². The number of amides is 2.